The quantitative estimate of drug-likeness (QED) is 0.860. The average Bonchev–Trinajstić information content (AvgIpc) is 2.98. The van der Waals surface area contributed by atoms with Crippen molar-refractivity contribution in [1.82, 2.24) is 9.29 Å². The molecular weight excluding hydrogens is 322 g/mol. The first-order valence-corrected chi connectivity index (χ1v) is 9.31. The first kappa shape index (κ1) is 16.6. The van der Waals surface area contributed by atoms with Crippen molar-refractivity contribution in [3.63, 3.8) is 0 Å². The lowest BCUT2D eigenvalue weighted by Gasteiger charge is -2.21. The third-order valence-corrected chi connectivity index (χ3v) is 6.54. The van der Waals surface area contributed by atoms with Crippen molar-refractivity contribution in [3.05, 3.63) is 59.4 Å². The van der Waals surface area contributed by atoms with E-state index in [1.807, 2.05) is 32.0 Å². The van der Waals surface area contributed by atoms with Crippen LogP contribution in [-0.4, -0.2) is 30.3 Å². The third kappa shape index (κ3) is 2.93. The smallest absolute Gasteiger partial charge is 0.244 e. The number of sulfonamides is 1. The van der Waals surface area contributed by atoms with E-state index in [1.54, 1.807) is 6.07 Å². The fraction of sp³-hybridized carbons (Fsp3) is 0.333. The molecule has 0 amide bonds. The van der Waals surface area contributed by atoms with E-state index in [2.05, 4.69) is 17.1 Å². The van der Waals surface area contributed by atoms with E-state index in [0.717, 1.165) is 12.0 Å². The van der Waals surface area contributed by atoms with Crippen molar-refractivity contribution in [2.24, 2.45) is 0 Å². The minimum absolute atomic E-state index is 0.0103. The van der Waals surface area contributed by atoms with Crippen LogP contribution >= 0.6 is 0 Å². The Morgan fingerprint density at radius 3 is 2.62 bits per heavy atom. The second-order valence-electron chi connectivity index (χ2n) is 6.23. The molecule has 1 aromatic heterocycles. The Labute approximate surface area is 142 Å². The van der Waals surface area contributed by atoms with Crippen molar-refractivity contribution in [1.29, 1.82) is 5.26 Å². The number of hydrogen-bond donors (Lipinski definition) is 0. The van der Waals surface area contributed by atoms with E-state index >= 15 is 0 Å². The van der Waals surface area contributed by atoms with E-state index < -0.39 is 10.0 Å². The van der Waals surface area contributed by atoms with Crippen LogP contribution in [0.4, 0.5) is 0 Å². The normalized spacial score (nSPS) is 21.5. The number of aromatic nitrogens is 1. The molecule has 5 nitrogen and oxygen atoms in total. The molecule has 0 spiro atoms. The van der Waals surface area contributed by atoms with Gasteiger partial charge < -0.3 is 0 Å². The van der Waals surface area contributed by atoms with Crippen LogP contribution in [0.15, 0.2) is 47.5 Å². The lowest BCUT2D eigenvalue weighted by Crippen LogP contribution is -2.34. The fourth-order valence-corrected chi connectivity index (χ4v) is 5.01. The Kier molecular flexibility index (Phi) is 4.39. The van der Waals surface area contributed by atoms with E-state index in [1.165, 1.54) is 22.1 Å². The zero-order chi connectivity index (χ0) is 17.3. The van der Waals surface area contributed by atoms with E-state index in [4.69, 9.17) is 5.26 Å². The molecule has 2 atom stereocenters. The number of aryl methyl sites for hydroxylation is 1. The monoisotopic (exact) mass is 341 g/mol. The summed E-state index contributed by atoms with van der Waals surface area (Å²) in [5, 5.41) is 9.15. The molecule has 1 fully saturated rings. The van der Waals surface area contributed by atoms with Crippen LogP contribution in [0.1, 0.15) is 36.1 Å². The summed E-state index contributed by atoms with van der Waals surface area (Å²) in [5.41, 5.74) is 2.28. The SMILES string of the molecule is Cc1ccc([C@H]2C[C@@H](C)N(S(=O)(=O)c3cccnc3C#N)C2)cc1. The van der Waals surface area contributed by atoms with Crippen molar-refractivity contribution >= 4 is 10.0 Å². The first-order valence-electron chi connectivity index (χ1n) is 7.87. The minimum Gasteiger partial charge on any atom is -0.244 e. The molecule has 0 bridgehead atoms. The van der Waals surface area contributed by atoms with Crippen LogP contribution < -0.4 is 0 Å². The second-order valence-corrected chi connectivity index (χ2v) is 8.09. The molecular formula is C18H19N3O2S. The van der Waals surface area contributed by atoms with E-state index in [0.29, 0.717) is 6.54 Å². The molecule has 0 radical (unpaired) electrons. The summed E-state index contributed by atoms with van der Waals surface area (Å²) in [7, 11) is -3.73. The highest BCUT2D eigenvalue weighted by molar-refractivity contribution is 7.89. The number of benzene rings is 1. The molecule has 2 heterocycles. The van der Waals surface area contributed by atoms with Gasteiger partial charge in [-0.15, -0.1) is 0 Å². The number of nitriles is 1. The third-order valence-electron chi connectivity index (χ3n) is 4.53. The molecule has 24 heavy (non-hydrogen) atoms. The zero-order valence-electron chi connectivity index (χ0n) is 13.7. The predicted octanol–water partition coefficient (Wildman–Crippen LogP) is 2.83. The summed E-state index contributed by atoms with van der Waals surface area (Å²) < 4.78 is 27.5. The Bertz CT molecular complexity index is 885. The van der Waals surface area contributed by atoms with Gasteiger partial charge in [0, 0.05) is 18.8 Å². The van der Waals surface area contributed by atoms with Gasteiger partial charge in [-0.2, -0.15) is 9.57 Å². The molecule has 0 saturated carbocycles. The molecule has 1 aliphatic heterocycles. The first-order chi connectivity index (χ1) is 11.4. The van der Waals surface area contributed by atoms with Crippen LogP contribution in [0, 0.1) is 18.3 Å². The Morgan fingerprint density at radius 2 is 1.96 bits per heavy atom. The second kappa shape index (κ2) is 6.34. The van der Waals surface area contributed by atoms with Crippen LogP contribution in [0.2, 0.25) is 0 Å². The van der Waals surface area contributed by atoms with Crippen LogP contribution in [0.3, 0.4) is 0 Å². The standard InChI is InChI=1S/C18H19N3O2S/c1-13-5-7-15(8-6-13)16-10-14(2)21(12-16)24(22,23)18-4-3-9-20-17(18)11-19/h3-9,14,16H,10,12H2,1-2H3/t14-,16+/m1/s1. The summed E-state index contributed by atoms with van der Waals surface area (Å²) in [6.07, 6.45) is 2.20. The van der Waals surface area contributed by atoms with Crippen LogP contribution in [-0.2, 0) is 10.0 Å². The maximum absolute atomic E-state index is 13.0. The molecule has 1 aromatic carbocycles. The molecule has 0 aliphatic carbocycles. The number of pyridine rings is 1. The highest BCUT2D eigenvalue weighted by Crippen LogP contribution is 2.35. The van der Waals surface area contributed by atoms with Gasteiger partial charge in [-0.3, -0.25) is 0 Å². The summed E-state index contributed by atoms with van der Waals surface area (Å²) in [4.78, 5) is 3.87. The van der Waals surface area contributed by atoms with Gasteiger partial charge in [0.15, 0.2) is 5.69 Å². The molecule has 1 aliphatic rings. The van der Waals surface area contributed by atoms with Crippen LogP contribution in [0.25, 0.3) is 0 Å². The van der Waals surface area contributed by atoms with Gasteiger partial charge in [-0.1, -0.05) is 29.8 Å². The average molecular weight is 341 g/mol. The highest BCUT2D eigenvalue weighted by Gasteiger charge is 2.39. The van der Waals surface area contributed by atoms with Gasteiger partial charge in [0.05, 0.1) is 0 Å². The lowest BCUT2D eigenvalue weighted by molar-refractivity contribution is 0.407. The van der Waals surface area contributed by atoms with E-state index in [9.17, 15) is 8.42 Å². The molecule has 2 aromatic rings. The van der Waals surface area contributed by atoms with Gasteiger partial charge in [-0.25, -0.2) is 13.4 Å². The van der Waals surface area contributed by atoms with Gasteiger partial charge in [-0.05, 0) is 43.9 Å². The summed E-state index contributed by atoms with van der Waals surface area (Å²) in [6, 6.07) is 13.0. The minimum atomic E-state index is -3.73. The van der Waals surface area contributed by atoms with Gasteiger partial charge in [0.1, 0.15) is 11.0 Å². The molecule has 124 valence electrons. The van der Waals surface area contributed by atoms with E-state index in [-0.39, 0.29) is 22.5 Å². The van der Waals surface area contributed by atoms with Crippen molar-refractivity contribution in [2.75, 3.05) is 6.54 Å². The maximum Gasteiger partial charge on any atom is 0.246 e. The zero-order valence-corrected chi connectivity index (χ0v) is 14.5. The molecule has 0 N–H and O–H groups in total. The Morgan fingerprint density at radius 1 is 1.25 bits per heavy atom. The van der Waals surface area contributed by atoms with Crippen molar-refractivity contribution in [3.8, 4) is 6.07 Å². The predicted molar refractivity (Wildman–Crippen MR) is 90.8 cm³/mol. The summed E-state index contributed by atoms with van der Waals surface area (Å²) in [5.74, 6) is 0.164. The summed E-state index contributed by atoms with van der Waals surface area (Å²) in [6.45, 7) is 4.37. The topological polar surface area (TPSA) is 74.1 Å². The molecule has 0 unspecified atom stereocenters. The van der Waals surface area contributed by atoms with Crippen molar-refractivity contribution in [2.45, 2.75) is 37.1 Å². The highest BCUT2D eigenvalue weighted by atomic mass is 32.2. The Hall–Kier alpha value is -2.23. The Balaban J connectivity index is 1.92. The maximum atomic E-state index is 13.0. The largest absolute Gasteiger partial charge is 0.246 e. The fourth-order valence-electron chi connectivity index (χ4n) is 3.23. The molecule has 3 rings (SSSR count). The number of rotatable bonds is 3. The lowest BCUT2D eigenvalue weighted by atomic mass is 9.96. The number of hydrogen-bond acceptors (Lipinski definition) is 4. The molecule has 1 saturated heterocycles. The van der Waals surface area contributed by atoms with Crippen molar-refractivity contribution < 1.29 is 8.42 Å². The van der Waals surface area contributed by atoms with Crippen LogP contribution in [0.5, 0.6) is 0 Å². The number of nitrogens with zero attached hydrogens (tertiary/aromatic N) is 3. The van der Waals surface area contributed by atoms with Gasteiger partial charge >= 0.3 is 0 Å². The molecule has 6 heteroatoms. The summed E-state index contributed by atoms with van der Waals surface area (Å²) >= 11 is 0. The van der Waals surface area contributed by atoms with Gasteiger partial charge in [0.2, 0.25) is 10.0 Å². The van der Waals surface area contributed by atoms with Gasteiger partial charge in [0.25, 0.3) is 0 Å².